The quantitative estimate of drug-likeness (QED) is 0.301. The first-order valence-electron chi connectivity index (χ1n) is 10.9. The average molecular weight is 439 g/mol. The predicted molar refractivity (Wildman–Crippen MR) is 120 cm³/mol. The van der Waals surface area contributed by atoms with E-state index in [4.69, 9.17) is 18.9 Å². The van der Waals surface area contributed by atoms with Crippen LogP contribution >= 0.6 is 0 Å². The van der Waals surface area contributed by atoms with E-state index < -0.39 is 0 Å². The maximum absolute atomic E-state index is 5.79. The molecule has 3 heterocycles. The van der Waals surface area contributed by atoms with Crippen molar-refractivity contribution >= 4 is 5.96 Å². The zero-order valence-corrected chi connectivity index (χ0v) is 18.6. The first-order chi connectivity index (χ1) is 15.7. The molecule has 0 radical (unpaired) electrons. The molecule has 32 heavy (non-hydrogen) atoms. The smallest absolute Gasteiger partial charge is 0.192 e. The summed E-state index contributed by atoms with van der Waals surface area (Å²) in [6.07, 6.45) is 3.36. The third-order valence-electron chi connectivity index (χ3n) is 5.41. The number of hydrogen-bond acceptors (Lipinski definition) is 6. The van der Waals surface area contributed by atoms with Crippen LogP contribution in [0.1, 0.15) is 41.9 Å². The normalized spacial score (nSPS) is 15.8. The molecule has 0 fully saturated rings. The Morgan fingerprint density at radius 1 is 1.25 bits per heavy atom. The number of hydrogen-bond donors (Lipinski definition) is 2. The van der Waals surface area contributed by atoms with Gasteiger partial charge in [0.25, 0.3) is 0 Å². The van der Waals surface area contributed by atoms with Crippen LogP contribution in [0.4, 0.5) is 0 Å². The first kappa shape index (κ1) is 21.9. The Kier molecular flexibility index (Phi) is 7.39. The van der Waals surface area contributed by atoms with Gasteiger partial charge in [0, 0.05) is 32.2 Å². The molecule has 1 aliphatic rings. The van der Waals surface area contributed by atoms with Gasteiger partial charge in [0.15, 0.2) is 11.8 Å². The summed E-state index contributed by atoms with van der Waals surface area (Å²) >= 11 is 0. The second-order valence-electron chi connectivity index (χ2n) is 7.67. The van der Waals surface area contributed by atoms with Crippen molar-refractivity contribution in [2.24, 2.45) is 12.0 Å². The van der Waals surface area contributed by atoms with Gasteiger partial charge in [-0.25, -0.2) is 4.99 Å². The molecule has 4 rings (SSSR count). The number of ether oxygens (including phenoxy) is 2. The second-order valence-corrected chi connectivity index (χ2v) is 7.67. The Balaban J connectivity index is 1.35. The van der Waals surface area contributed by atoms with Crippen LogP contribution in [0.3, 0.4) is 0 Å². The predicted octanol–water partition coefficient (Wildman–Crippen LogP) is 2.88. The van der Waals surface area contributed by atoms with Crippen molar-refractivity contribution in [2.45, 2.75) is 39.0 Å². The summed E-state index contributed by atoms with van der Waals surface area (Å²) in [6.45, 7) is 4.88. The van der Waals surface area contributed by atoms with Gasteiger partial charge in [-0.15, -0.1) is 10.2 Å². The highest BCUT2D eigenvalue weighted by molar-refractivity contribution is 5.80. The molecule has 1 atom stereocenters. The van der Waals surface area contributed by atoms with Gasteiger partial charge >= 0.3 is 0 Å². The van der Waals surface area contributed by atoms with Crippen molar-refractivity contribution in [3.8, 4) is 5.75 Å². The monoisotopic (exact) mass is 438 g/mol. The Labute approximate surface area is 187 Å². The largest absolute Gasteiger partial charge is 0.493 e. The van der Waals surface area contributed by atoms with Gasteiger partial charge in [-0.2, -0.15) is 0 Å². The van der Waals surface area contributed by atoms with Crippen molar-refractivity contribution in [1.29, 1.82) is 0 Å². The Morgan fingerprint density at radius 3 is 2.97 bits per heavy atom. The van der Waals surface area contributed by atoms with Crippen molar-refractivity contribution in [2.75, 3.05) is 19.8 Å². The Bertz CT molecular complexity index is 1010. The molecule has 0 bridgehead atoms. The molecular weight excluding hydrogens is 408 g/mol. The molecule has 0 amide bonds. The summed E-state index contributed by atoms with van der Waals surface area (Å²) in [5, 5.41) is 15.3. The first-order valence-corrected chi connectivity index (χ1v) is 10.9. The minimum absolute atomic E-state index is 0.127. The van der Waals surface area contributed by atoms with E-state index in [0.717, 1.165) is 54.1 Å². The lowest BCUT2D eigenvalue weighted by Gasteiger charge is -2.28. The minimum atomic E-state index is 0.127. The van der Waals surface area contributed by atoms with Crippen LogP contribution in [-0.2, 0) is 24.9 Å². The molecule has 170 valence electrons. The Hall–Kier alpha value is -3.33. The second kappa shape index (κ2) is 10.8. The lowest BCUT2D eigenvalue weighted by Crippen LogP contribution is -2.41. The van der Waals surface area contributed by atoms with E-state index in [1.807, 2.05) is 48.9 Å². The van der Waals surface area contributed by atoms with Gasteiger partial charge in [-0.3, -0.25) is 0 Å². The van der Waals surface area contributed by atoms with Crippen LogP contribution < -0.4 is 15.4 Å². The van der Waals surface area contributed by atoms with E-state index in [0.29, 0.717) is 26.4 Å². The molecule has 1 unspecified atom stereocenters. The molecular formula is C23H30N6O3. The average Bonchev–Trinajstić information content (AvgIpc) is 3.45. The third kappa shape index (κ3) is 5.67. The number of fused-ring (bicyclic) bond motifs is 1. The molecule has 1 aliphatic heterocycles. The zero-order valence-electron chi connectivity index (χ0n) is 18.6. The highest BCUT2D eigenvalue weighted by atomic mass is 16.5. The lowest BCUT2D eigenvalue weighted by atomic mass is 10.0. The maximum Gasteiger partial charge on any atom is 0.192 e. The van der Waals surface area contributed by atoms with E-state index in [2.05, 4.69) is 26.9 Å². The third-order valence-corrected chi connectivity index (χ3v) is 5.41. The molecule has 0 aliphatic carbocycles. The topological polar surface area (TPSA) is 98.7 Å². The number of furan rings is 1. The highest BCUT2D eigenvalue weighted by Crippen LogP contribution is 2.31. The van der Waals surface area contributed by atoms with E-state index in [9.17, 15) is 0 Å². The minimum Gasteiger partial charge on any atom is -0.493 e. The molecule has 1 aromatic carbocycles. The van der Waals surface area contributed by atoms with E-state index in [1.165, 1.54) is 0 Å². The number of aromatic nitrogens is 3. The van der Waals surface area contributed by atoms with E-state index in [1.54, 1.807) is 6.26 Å². The molecule has 9 nitrogen and oxygen atoms in total. The number of guanidine groups is 1. The van der Waals surface area contributed by atoms with Gasteiger partial charge in [-0.1, -0.05) is 18.2 Å². The summed E-state index contributed by atoms with van der Waals surface area (Å²) in [4.78, 5) is 4.77. The summed E-state index contributed by atoms with van der Waals surface area (Å²) in [7, 11) is 1.95. The molecule has 0 saturated heterocycles. The molecule has 3 aromatic rings. The SMILES string of the molecule is Cc1nnc(CN=C(NCCCOCc2ccco2)NC2CCOc3ccccc32)n1C. The van der Waals surface area contributed by atoms with Gasteiger partial charge in [0.05, 0.1) is 18.9 Å². The molecule has 0 spiro atoms. The lowest BCUT2D eigenvalue weighted by molar-refractivity contribution is 0.105. The number of nitrogens with zero attached hydrogens (tertiary/aromatic N) is 4. The number of aryl methyl sites for hydroxylation is 1. The fourth-order valence-corrected chi connectivity index (χ4v) is 3.50. The van der Waals surface area contributed by atoms with Crippen molar-refractivity contribution in [3.63, 3.8) is 0 Å². The van der Waals surface area contributed by atoms with Crippen LogP contribution in [-0.4, -0.2) is 40.5 Å². The van der Waals surface area contributed by atoms with Crippen LogP contribution in [0.2, 0.25) is 0 Å². The molecule has 2 aromatic heterocycles. The van der Waals surface area contributed by atoms with Gasteiger partial charge in [0.1, 0.15) is 30.5 Å². The van der Waals surface area contributed by atoms with Crippen LogP contribution in [0, 0.1) is 6.92 Å². The summed E-state index contributed by atoms with van der Waals surface area (Å²) < 4.78 is 18.7. The Morgan fingerprint density at radius 2 is 2.16 bits per heavy atom. The number of aliphatic imine (C=N–C) groups is 1. The van der Waals surface area contributed by atoms with Crippen LogP contribution in [0.15, 0.2) is 52.1 Å². The summed E-state index contributed by atoms with van der Waals surface area (Å²) in [5.41, 5.74) is 1.14. The zero-order chi connectivity index (χ0) is 22.2. The summed E-state index contributed by atoms with van der Waals surface area (Å²) in [6, 6.07) is 12.0. The van der Waals surface area contributed by atoms with Crippen molar-refractivity contribution < 1.29 is 13.9 Å². The van der Waals surface area contributed by atoms with Crippen LogP contribution in [0.5, 0.6) is 5.75 Å². The fraction of sp³-hybridized carbons (Fsp3) is 0.435. The standard InChI is InChI=1S/C23H30N6O3/c1-17-27-28-22(29(17)2)15-25-23(24-11-6-12-30-16-18-7-5-13-31-18)26-20-10-14-32-21-9-4-3-8-19(20)21/h3-5,7-9,13,20H,6,10-12,14-16H2,1-2H3,(H2,24,25,26). The number of benzene rings is 1. The van der Waals surface area contributed by atoms with E-state index >= 15 is 0 Å². The van der Waals surface area contributed by atoms with Gasteiger partial charge in [0.2, 0.25) is 0 Å². The maximum atomic E-state index is 5.79. The van der Waals surface area contributed by atoms with Gasteiger partial charge < -0.3 is 29.1 Å². The van der Waals surface area contributed by atoms with Crippen LogP contribution in [0.25, 0.3) is 0 Å². The molecule has 2 N–H and O–H groups in total. The van der Waals surface area contributed by atoms with Gasteiger partial charge in [-0.05, 0) is 31.5 Å². The summed E-state index contributed by atoms with van der Waals surface area (Å²) in [5.74, 6) is 4.17. The number of para-hydroxylation sites is 1. The fourth-order valence-electron chi connectivity index (χ4n) is 3.50. The number of nitrogens with one attached hydrogen (secondary N) is 2. The highest BCUT2D eigenvalue weighted by Gasteiger charge is 2.22. The molecule has 0 saturated carbocycles. The number of rotatable bonds is 9. The molecule has 9 heteroatoms. The van der Waals surface area contributed by atoms with Crippen molar-refractivity contribution in [1.82, 2.24) is 25.4 Å². The van der Waals surface area contributed by atoms with E-state index in [-0.39, 0.29) is 6.04 Å². The van der Waals surface area contributed by atoms with Crippen molar-refractivity contribution in [3.05, 3.63) is 65.6 Å².